The van der Waals surface area contributed by atoms with Crippen molar-refractivity contribution in [2.75, 3.05) is 26.2 Å². The number of nitrogens with zero attached hydrogens (tertiary/aromatic N) is 1. The standard InChI is InChI=1S/C18H36N2/c1-6-10-19-17-16(7-9-18(17,4)5)13-20-11-8-15(12-20)14(2)3/h14-17,19H,6-13H2,1-5H3. The van der Waals surface area contributed by atoms with Crippen molar-refractivity contribution in [3.8, 4) is 0 Å². The summed E-state index contributed by atoms with van der Waals surface area (Å²) in [5.74, 6) is 2.66. The molecule has 1 saturated carbocycles. The van der Waals surface area contributed by atoms with Gasteiger partial charge in [0.1, 0.15) is 0 Å². The summed E-state index contributed by atoms with van der Waals surface area (Å²) in [7, 11) is 0. The molecule has 1 aliphatic carbocycles. The van der Waals surface area contributed by atoms with Crippen molar-refractivity contribution in [1.82, 2.24) is 10.2 Å². The molecule has 1 N–H and O–H groups in total. The first-order valence-corrected chi connectivity index (χ1v) is 8.89. The van der Waals surface area contributed by atoms with Gasteiger partial charge >= 0.3 is 0 Å². The molecule has 0 bridgehead atoms. The van der Waals surface area contributed by atoms with Crippen molar-refractivity contribution < 1.29 is 0 Å². The first-order chi connectivity index (χ1) is 9.44. The SMILES string of the molecule is CCCNC1C(CN2CCC(C(C)C)C2)CCC1(C)C. The molecule has 2 aliphatic rings. The Hall–Kier alpha value is -0.0800. The van der Waals surface area contributed by atoms with E-state index in [9.17, 15) is 0 Å². The first-order valence-electron chi connectivity index (χ1n) is 8.89. The fourth-order valence-electron chi connectivity index (χ4n) is 4.36. The molecule has 0 aromatic heterocycles. The van der Waals surface area contributed by atoms with E-state index in [4.69, 9.17) is 0 Å². The van der Waals surface area contributed by atoms with Gasteiger partial charge in [-0.2, -0.15) is 0 Å². The van der Waals surface area contributed by atoms with E-state index in [0.29, 0.717) is 5.41 Å². The number of hydrogen-bond donors (Lipinski definition) is 1. The Morgan fingerprint density at radius 2 is 2.00 bits per heavy atom. The van der Waals surface area contributed by atoms with Gasteiger partial charge in [-0.15, -0.1) is 0 Å². The summed E-state index contributed by atoms with van der Waals surface area (Å²) in [6.07, 6.45) is 5.47. The minimum Gasteiger partial charge on any atom is -0.313 e. The maximum atomic E-state index is 3.85. The van der Waals surface area contributed by atoms with E-state index in [-0.39, 0.29) is 0 Å². The summed E-state index contributed by atoms with van der Waals surface area (Å²) in [6.45, 7) is 17.2. The quantitative estimate of drug-likeness (QED) is 0.797. The maximum Gasteiger partial charge on any atom is 0.0159 e. The molecule has 2 heteroatoms. The van der Waals surface area contributed by atoms with Crippen molar-refractivity contribution >= 4 is 0 Å². The Bertz CT molecular complexity index is 298. The van der Waals surface area contributed by atoms with Gasteiger partial charge in [-0.25, -0.2) is 0 Å². The van der Waals surface area contributed by atoms with E-state index in [0.717, 1.165) is 23.8 Å². The molecule has 0 aromatic carbocycles. The van der Waals surface area contributed by atoms with Gasteiger partial charge in [0.15, 0.2) is 0 Å². The molecule has 20 heavy (non-hydrogen) atoms. The maximum absolute atomic E-state index is 3.85. The summed E-state index contributed by atoms with van der Waals surface area (Å²) in [4.78, 5) is 2.75. The zero-order valence-corrected chi connectivity index (χ0v) is 14.4. The van der Waals surface area contributed by atoms with E-state index in [1.165, 1.54) is 51.9 Å². The number of likely N-dealkylation sites (tertiary alicyclic amines) is 1. The molecular formula is C18H36N2. The average molecular weight is 280 g/mol. The molecule has 1 aliphatic heterocycles. The lowest BCUT2D eigenvalue weighted by atomic mass is 9.84. The van der Waals surface area contributed by atoms with E-state index < -0.39 is 0 Å². The molecule has 3 atom stereocenters. The van der Waals surface area contributed by atoms with Crippen molar-refractivity contribution in [3.05, 3.63) is 0 Å². The normalized spacial score (nSPS) is 34.2. The highest BCUT2D eigenvalue weighted by molar-refractivity contribution is 4.97. The van der Waals surface area contributed by atoms with Crippen LogP contribution in [-0.2, 0) is 0 Å². The van der Waals surface area contributed by atoms with Gasteiger partial charge in [-0.3, -0.25) is 0 Å². The lowest BCUT2D eigenvalue weighted by Crippen LogP contribution is -2.45. The van der Waals surface area contributed by atoms with Gasteiger partial charge in [-0.1, -0.05) is 34.6 Å². The van der Waals surface area contributed by atoms with Crippen LogP contribution in [0, 0.1) is 23.2 Å². The van der Waals surface area contributed by atoms with Gasteiger partial charge in [0.2, 0.25) is 0 Å². The minimum atomic E-state index is 0.483. The van der Waals surface area contributed by atoms with Crippen molar-refractivity contribution in [1.29, 1.82) is 0 Å². The van der Waals surface area contributed by atoms with Crippen molar-refractivity contribution in [2.45, 2.75) is 66.3 Å². The molecule has 3 unspecified atom stereocenters. The predicted molar refractivity (Wildman–Crippen MR) is 88.0 cm³/mol. The van der Waals surface area contributed by atoms with Gasteiger partial charge < -0.3 is 10.2 Å². The van der Waals surface area contributed by atoms with Crippen LogP contribution in [-0.4, -0.2) is 37.1 Å². The molecule has 0 spiro atoms. The molecular weight excluding hydrogens is 244 g/mol. The molecule has 118 valence electrons. The second kappa shape index (κ2) is 6.79. The number of rotatable bonds is 6. The lowest BCUT2D eigenvalue weighted by molar-refractivity contribution is 0.197. The first kappa shape index (κ1) is 16.3. The van der Waals surface area contributed by atoms with E-state index in [1.807, 2.05) is 0 Å². The monoisotopic (exact) mass is 280 g/mol. The summed E-state index contributed by atoms with van der Waals surface area (Å²) in [5, 5.41) is 3.85. The van der Waals surface area contributed by atoms with Crippen LogP contribution in [0.4, 0.5) is 0 Å². The van der Waals surface area contributed by atoms with Gasteiger partial charge in [-0.05, 0) is 61.9 Å². The second-order valence-electron chi connectivity index (χ2n) is 8.27. The van der Waals surface area contributed by atoms with Crippen LogP contribution in [0.1, 0.15) is 60.3 Å². The Morgan fingerprint density at radius 3 is 2.60 bits per heavy atom. The highest BCUT2D eigenvalue weighted by Gasteiger charge is 2.42. The third-order valence-electron chi connectivity index (χ3n) is 5.83. The number of hydrogen-bond acceptors (Lipinski definition) is 2. The molecule has 2 nitrogen and oxygen atoms in total. The van der Waals surface area contributed by atoms with E-state index in [2.05, 4.69) is 44.8 Å². The van der Waals surface area contributed by atoms with Crippen LogP contribution >= 0.6 is 0 Å². The smallest absolute Gasteiger partial charge is 0.0159 e. The molecule has 1 heterocycles. The predicted octanol–water partition coefficient (Wildman–Crippen LogP) is 3.77. The molecule has 0 radical (unpaired) electrons. The number of nitrogens with one attached hydrogen (secondary N) is 1. The van der Waals surface area contributed by atoms with Gasteiger partial charge in [0.05, 0.1) is 0 Å². The summed E-state index contributed by atoms with van der Waals surface area (Å²) < 4.78 is 0. The summed E-state index contributed by atoms with van der Waals surface area (Å²) >= 11 is 0. The summed E-state index contributed by atoms with van der Waals surface area (Å²) in [6, 6.07) is 0.723. The van der Waals surface area contributed by atoms with E-state index in [1.54, 1.807) is 0 Å². The van der Waals surface area contributed by atoms with Crippen molar-refractivity contribution in [3.63, 3.8) is 0 Å². The van der Waals surface area contributed by atoms with Gasteiger partial charge in [0, 0.05) is 19.1 Å². The van der Waals surface area contributed by atoms with Crippen LogP contribution in [0.2, 0.25) is 0 Å². The molecule has 0 aromatic rings. The highest BCUT2D eigenvalue weighted by atomic mass is 15.2. The summed E-state index contributed by atoms with van der Waals surface area (Å²) in [5.41, 5.74) is 0.483. The Labute approximate surface area is 126 Å². The highest BCUT2D eigenvalue weighted by Crippen LogP contribution is 2.42. The third-order valence-corrected chi connectivity index (χ3v) is 5.83. The molecule has 1 saturated heterocycles. The van der Waals surface area contributed by atoms with Crippen LogP contribution < -0.4 is 5.32 Å². The zero-order chi connectivity index (χ0) is 14.8. The van der Waals surface area contributed by atoms with E-state index >= 15 is 0 Å². The van der Waals surface area contributed by atoms with Crippen LogP contribution in [0.25, 0.3) is 0 Å². The van der Waals surface area contributed by atoms with Gasteiger partial charge in [0.25, 0.3) is 0 Å². The average Bonchev–Trinajstić information content (AvgIpc) is 2.94. The minimum absolute atomic E-state index is 0.483. The third kappa shape index (κ3) is 3.76. The Balaban J connectivity index is 1.88. The fraction of sp³-hybridized carbons (Fsp3) is 1.00. The van der Waals surface area contributed by atoms with Crippen LogP contribution in [0.15, 0.2) is 0 Å². The Kier molecular flexibility index (Phi) is 5.53. The van der Waals surface area contributed by atoms with Crippen LogP contribution in [0.3, 0.4) is 0 Å². The molecule has 0 amide bonds. The topological polar surface area (TPSA) is 15.3 Å². The molecule has 2 rings (SSSR count). The largest absolute Gasteiger partial charge is 0.313 e. The van der Waals surface area contributed by atoms with Crippen LogP contribution in [0.5, 0.6) is 0 Å². The molecule has 2 fully saturated rings. The zero-order valence-electron chi connectivity index (χ0n) is 14.4. The fourth-order valence-corrected chi connectivity index (χ4v) is 4.36. The van der Waals surface area contributed by atoms with Crippen molar-refractivity contribution in [2.24, 2.45) is 23.2 Å². The Morgan fingerprint density at radius 1 is 1.25 bits per heavy atom. The second-order valence-corrected chi connectivity index (χ2v) is 8.27. The lowest BCUT2D eigenvalue weighted by Gasteiger charge is -2.33.